The number of pyridine rings is 1. The molecule has 0 atom stereocenters. The zero-order valence-electron chi connectivity index (χ0n) is 12.9. The van der Waals surface area contributed by atoms with Crippen molar-refractivity contribution in [2.45, 2.75) is 31.4 Å². The number of carbonyl (C=O) groups excluding carboxylic acids is 1. The van der Waals surface area contributed by atoms with Gasteiger partial charge in [0.2, 0.25) is 0 Å². The van der Waals surface area contributed by atoms with Gasteiger partial charge < -0.3 is 5.32 Å². The predicted molar refractivity (Wildman–Crippen MR) is 86.9 cm³/mol. The highest BCUT2D eigenvalue weighted by molar-refractivity contribution is 7.14. The molecular weight excluding hydrogens is 353 g/mol. The average Bonchev–Trinajstić information content (AvgIpc) is 3.11. The van der Waals surface area contributed by atoms with E-state index in [9.17, 15) is 18.0 Å². The van der Waals surface area contributed by atoms with Crippen LogP contribution in [-0.2, 0) is 6.18 Å². The van der Waals surface area contributed by atoms with E-state index in [0.29, 0.717) is 28.6 Å². The van der Waals surface area contributed by atoms with Crippen molar-refractivity contribution in [2.75, 3.05) is 5.32 Å². The number of hydrogen-bond donors (Lipinski definition) is 1. The van der Waals surface area contributed by atoms with Crippen LogP contribution in [0.15, 0.2) is 30.5 Å². The molecule has 1 aliphatic carbocycles. The number of carbonyl (C=O) groups is 1. The van der Waals surface area contributed by atoms with Gasteiger partial charge in [0, 0.05) is 12.1 Å². The third kappa shape index (κ3) is 2.99. The van der Waals surface area contributed by atoms with Crippen molar-refractivity contribution in [3.8, 4) is 0 Å². The lowest BCUT2D eigenvalue weighted by atomic mass is 9.85. The van der Waals surface area contributed by atoms with Gasteiger partial charge in [0.05, 0.1) is 10.6 Å². The Balaban J connectivity index is 1.60. The molecule has 4 rings (SSSR count). The van der Waals surface area contributed by atoms with Crippen molar-refractivity contribution in [1.29, 1.82) is 0 Å². The molecule has 1 saturated carbocycles. The van der Waals surface area contributed by atoms with Crippen LogP contribution in [-0.4, -0.2) is 20.5 Å². The first-order valence-electron chi connectivity index (χ1n) is 7.75. The fraction of sp³-hybridized carbons (Fsp3) is 0.312. The van der Waals surface area contributed by atoms with Crippen LogP contribution in [0.5, 0.6) is 0 Å². The summed E-state index contributed by atoms with van der Waals surface area (Å²) in [6.07, 6.45) is 0.534. The van der Waals surface area contributed by atoms with Crippen LogP contribution in [0, 0.1) is 0 Å². The zero-order valence-corrected chi connectivity index (χ0v) is 13.7. The van der Waals surface area contributed by atoms with Gasteiger partial charge >= 0.3 is 6.18 Å². The first kappa shape index (κ1) is 16.1. The van der Waals surface area contributed by atoms with Gasteiger partial charge in [-0.2, -0.15) is 18.3 Å². The molecule has 0 bridgehead atoms. The molecule has 0 unspecified atom stereocenters. The van der Waals surface area contributed by atoms with Crippen LogP contribution < -0.4 is 5.32 Å². The summed E-state index contributed by atoms with van der Waals surface area (Å²) in [5, 5.41) is 7.05. The second-order valence-corrected chi connectivity index (χ2v) is 6.99. The maximum absolute atomic E-state index is 12.7. The summed E-state index contributed by atoms with van der Waals surface area (Å²) in [7, 11) is 0. The molecule has 3 aromatic heterocycles. The third-order valence-electron chi connectivity index (χ3n) is 4.21. The Morgan fingerprint density at radius 1 is 1.28 bits per heavy atom. The van der Waals surface area contributed by atoms with Gasteiger partial charge in [0.25, 0.3) is 5.91 Å². The van der Waals surface area contributed by atoms with Crippen LogP contribution in [0.3, 0.4) is 0 Å². The molecule has 1 N–H and O–H groups in total. The molecule has 3 heterocycles. The predicted octanol–water partition coefficient (Wildman–Crippen LogP) is 4.33. The highest BCUT2D eigenvalue weighted by Crippen LogP contribution is 2.36. The van der Waals surface area contributed by atoms with E-state index < -0.39 is 17.0 Å². The minimum atomic E-state index is -4.45. The van der Waals surface area contributed by atoms with E-state index in [1.54, 1.807) is 22.8 Å². The summed E-state index contributed by atoms with van der Waals surface area (Å²) in [6, 6.07) is 5.45. The van der Waals surface area contributed by atoms with Crippen molar-refractivity contribution < 1.29 is 18.0 Å². The number of amides is 1. The van der Waals surface area contributed by atoms with Crippen LogP contribution in [0.1, 0.15) is 45.6 Å². The molecule has 0 spiro atoms. The van der Waals surface area contributed by atoms with Crippen LogP contribution >= 0.6 is 11.3 Å². The molecule has 9 heteroatoms. The number of nitrogens with zero attached hydrogens (tertiary/aromatic N) is 3. The van der Waals surface area contributed by atoms with Crippen molar-refractivity contribution in [3.63, 3.8) is 0 Å². The highest BCUT2D eigenvalue weighted by atomic mass is 32.1. The van der Waals surface area contributed by atoms with E-state index in [0.717, 1.165) is 31.2 Å². The molecule has 1 aliphatic rings. The molecule has 25 heavy (non-hydrogen) atoms. The molecule has 1 amide bonds. The molecule has 3 aromatic rings. The van der Waals surface area contributed by atoms with Crippen molar-refractivity contribution in [1.82, 2.24) is 14.6 Å². The normalized spacial score (nSPS) is 15.3. The second kappa shape index (κ2) is 5.83. The quantitative estimate of drug-likeness (QED) is 0.751. The topological polar surface area (TPSA) is 59.3 Å². The van der Waals surface area contributed by atoms with Gasteiger partial charge in [-0.05, 0) is 37.1 Å². The summed E-state index contributed by atoms with van der Waals surface area (Å²) < 4.78 is 39.6. The van der Waals surface area contributed by atoms with Gasteiger partial charge in [-0.25, -0.2) is 9.50 Å². The Morgan fingerprint density at radius 2 is 2.08 bits per heavy atom. The summed E-state index contributed by atoms with van der Waals surface area (Å²) in [4.78, 5) is 16.0. The van der Waals surface area contributed by atoms with Gasteiger partial charge in [-0.15, -0.1) is 11.3 Å². The molecule has 130 valence electrons. The number of hydrogen-bond acceptors (Lipinski definition) is 4. The number of nitrogens with one attached hydrogen (secondary N) is 1. The van der Waals surface area contributed by atoms with E-state index in [1.165, 1.54) is 6.07 Å². The number of alkyl halides is 3. The average molecular weight is 366 g/mol. The summed E-state index contributed by atoms with van der Waals surface area (Å²) in [6.45, 7) is 0. The molecule has 1 fully saturated rings. The highest BCUT2D eigenvalue weighted by Gasteiger charge is 2.33. The number of thiophene rings is 1. The van der Waals surface area contributed by atoms with Crippen molar-refractivity contribution in [3.05, 3.63) is 46.0 Å². The maximum Gasteiger partial charge on any atom is 0.425 e. The minimum absolute atomic E-state index is 0.00643. The lowest BCUT2D eigenvalue weighted by Gasteiger charge is -2.21. The standard InChI is InChI=1S/C16H13F3N4OS/c17-16(18,19)12-7-6-11(25-12)15(24)20-10-5-2-8-23-14(10)21-13(22-23)9-3-1-4-9/h2,5-9H,1,3-4H2,(H,20,24). The largest absolute Gasteiger partial charge is 0.425 e. The Labute approximate surface area is 144 Å². The van der Waals surface area contributed by atoms with E-state index in [4.69, 9.17) is 0 Å². The Kier molecular flexibility index (Phi) is 3.75. The summed E-state index contributed by atoms with van der Waals surface area (Å²) in [5.74, 6) is 0.486. The Bertz CT molecular complexity index is 942. The molecule has 0 radical (unpaired) electrons. The summed E-state index contributed by atoms with van der Waals surface area (Å²) in [5.41, 5.74) is 0.915. The fourth-order valence-corrected chi connectivity index (χ4v) is 3.42. The zero-order chi connectivity index (χ0) is 17.6. The van der Waals surface area contributed by atoms with E-state index in [1.807, 2.05) is 0 Å². The SMILES string of the molecule is O=C(Nc1cccn2nc(C3CCC3)nc12)c1ccc(C(F)(F)F)s1. The minimum Gasteiger partial charge on any atom is -0.318 e. The lowest BCUT2D eigenvalue weighted by Crippen LogP contribution is -2.11. The summed E-state index contributed by atoms with van der Waals surface area (Å²) >= 11 is 0.416. The number of halogens is 3. The van der Waals surface area contributed by atoms with Crippen molar-refractivity contribution in [2.24, 2.45) is 0 Å². The lowest BCUT2D eigenvalue weighted by molar-refractivity contribution is -0.134. The molecule has 0 saturated heterocycles. The maximum atomic E-state index is 12.7. The second-order valence-electron chi connectivity index (χ2n) is 5.90. The first-order valence-corrected chi connectivity index (χ1v) is 8.57. The van der Waals surface area contributed by atoms with E-state index in [2.05, 4.69) is 15.4 Å². The van der Waals surface area contributed by atoms with E-state index >= 15 is 0 Å². The van der Waals surface area contributed by atoms with E-state index in [-0.39, 0.29) is 4.88 Å². The molecule has 5 nitrogen and oxygen atoms in total. The Morgan fingerprint density at radius 3 is 2.72 bits per heavy atom. The third-order valence-corrected chi connectivity index (χ3v) is 5.34. The fourth-order valence-electron chi connectivity index (χ4n) is 2.66. The van der Waals surface area contributed by atoms with Gasteiger partial charge in [0.1, 0.15) is 4.88 Å². The number of anilines is 1. The van der Waals surface area contributed by atoms with Gasteiger partial charge in [-0.1, -0.05) is 6.42 Å². The van der Waals surface area contributed by atoms with Gasteiger partial charge in [-0.3, -0.25) is 4.79 Å². The number of rotatable bonds is 3. The number of fused-ring (bicyclic) bond motifs is 1. The van der Waals surface area contributed by atoms with Crippen LogP contribution in [0.25, 0.3) is 5.65 Å². The molecule has 0 aromatic carbocycles. The molecule has 0 aliphatic heterocycles. The van der Waals surface area contributed by atoms with Gasteiger partial charge in [0.15, 0.2) is 11.5 Å². The smallest absolute Gasteiger partial charge is 0.318 e. The van der Waals surface area contributed by atoms with Crippen LogP contribution in [0.2, 0.25) is 0 Å². The molecular formula is C16H13F3N4OS. The first-order chi connectivity index (χ1) is 11.9. The van der Waals surface area contributed by atoms with Crippen molar-refractivity contribution >= 4 is 28.6 Å². The van der Waals surface area contributed by atoms with Crippen LogP contribution in [0.4, 0.5) is 18.9 Å². The Hall–Kier alpha value is -2.42. The number of aromatic nitrogens is 3. The monoisotopic (exact) mass is 366 g/mol.